The first kappa shape index (κ1) is 29.3. The number of likely N-dealkylation sites (N-methyl/N-ethyl adjacent to an activating group) is 1. The smallest absolute Gasteiger partial charge is 0.418 e. The Balaban J connectivity index is 1.69. The molecule has 0 saturated heterocycles. The van der Waals surface area contributed by atoms with Crippen LogP contribution in [0.5, 0.6) is 17.2 Å². The molecule has 0 aliphatic carbocycles. The molecule has 8 nitrogen and oxygen atoms in total. The SMILES string of the molecule is CCN(CC)CCNC(=O)c1ccc(NC(=O)Nc2ccc(Oc3ccccc3)cc2C(F)(F)F)cc1OC. The molecule has 3 N–H and O–H groups in total. The molecule has 0 aliphatic rings. The largest absolute Gasteiger partial charge is 0.496 e. The van der Waals surface area contributed by atoms with E-state index in [-0.39, 0.29) is 28.7 Å². The lowest BCUT2D eigenvalue weighted by Gasteiger charge is -2.18. The highest BCUT2D eigenvalue weighted by atomic mass is 19.4. The molecule has 3 rings (SSSR count). The number of carbonyl (C=O) groups is 2. The van der Waals surface area contributed by atoms with E-state index in [1.807, 2.05) is 13.8 Å². The number of halogens is 3. The number of carbonyl (C=O) groups excluding carboxylic acids is 2. The van der Waals surface area contributed by atoms with E-state index in [1.54, 1.807) is 30.3 Å². The molecule has 0 unspecified atom stereocenters. The first-order chi connectivity index (χ1) is 18.6. The van der Waals surface area contributed by atoms with Crippen molar-refractivity contribution in [3.8, 4) is 17.2 Å². The molecule has 3 aromatic rings. The van der Waals surface area contributed by atoms with Crippen molar-refractivity contribution >= 4 is 23.3 Å². The lowest BCUT2D eigenvalue weighted by Crippen LogP contribution is -2.34. The average molecular weight is 545 g/mol. The molecule has 0 saturated carbocycles. The van der Waals surface area contributed by atoms with Crippen molar-refractivity contribution in [3.05, 3.63) is 77.9 Å². The van der Waals surface area contributed by atoms with Crippen LogP contribution in [0.3, 0.4) is 0 Å². The standard InChI is InChI=1S/C28H31F3N4O4/c1-4-35(5-2)16-15-32-26(36)22-13-11-19(17-25(22)38-3)33-27(37)34-24-14-12-21(18-23(24)28(29,30)31)39-20-9-7-6-8-10-20/h6-14,17-18H,4-5,15-16H2,1-3H3,(H,32,36)(H2,33,34,37). The molecule has 0 radical (unpaired) electrons. The van der Waals surface area contributed by atoms with Gasteiger partial charge in [-0.15, -0.1) is 0 Å². The number of ether oxygens (including phenoxy) is 2. The summed E-state index contributed by atoms with van der Waals surface area (Å²) >= 11 is 0. The highest BCUT2D eigenvalue weighted by Crippen LogP contribution is 2.38. The molecule has 0 aliphatic heterocycles. The highest BCUT2D eigenvalue weighted by Gasteiger charge is 2.34. The van der Waals surface area contributed by atoms with Gasteiger partial charge in [0.25, 0.3) is 5.91 Å². The highest BCUT2D eigenvalue weighted by molar-refractivity contribution is 6.02. The Labute approximate surface area is 225 Å². The van der Waals surface area contributed by atoms with Crippen LogP contribution in [0, 0.1) is 0 Å². The Kier molecular flexibility index (Phi) is 10.2. The van der Waals surface area contributed by atoms with E-state index in [2.05, 4.69) is 20.9 Å². The summed E-state index contributed by atoms with van der Waals surface area (Å²) in [7, 11) is 1.38. The number of para-hydroxylation sites is 1. The lowest BCUT2D eigenvalue weighted by molar-refractivity contribution is -0.137. The van der Waals surface area contributed by atoms with E-state index in [9.17, 15) is 22.8 Å². The van der Waals surface area contributed by atoms with Crippen molar-refractivity contribution in [2.45, 2.75) is 20.0 Å². The van der Waals surface area contributed by atoms with Gasteiger partial charge in [-0.2, -0.15) is 13.2 Å². The Bertz CT molecular complexity index is 1270. The van der Waals surface area contributed by atoms with Gasteiger partial charge in [-0.1, -0.05) is 32.0 Å². The maximum Gasteiger partial charge on any atom is 0.418 e. The fraction of sp³-hybridized carbons (Fsp3) is 0.286. The molecule has 39 heavy (non-hydrogen) atoms. The molecule has 3 amide bonds. The van der Waals surface area contributed by atoms with Gasteiger partial charge < -0.3 is 30.3 Å². The van der Waals surface area contributed by atoms with Crippen LogP contribution in [0.25, 0.3) is 0 Å². The normalized spacial score (nSPS) is 11.2. The van der Waals surface area contributed by atoms with Gasteiger partial charge in [-0.25, -0.2) is 4.79 Å². The second-order valence-corrected chi connectivity index (χ2v) is 8.40. The zero-order valence-electron chi connectivity index (χ0n) is 21.9. The fourth-order valence-corrected chi connectivity index (χ4v) is 3.76. The minimum atomic E-state index is -4.75. The van der Waals surface area contributed by atoms with Crippen molar-refractivity contribution in [2.24, 2.45) is 0 Å². The first-order valence-corrected chi connectivity index (χ1v) is 12.3. The van der Waals surface area contributed by atoms with Crippen molar-refractivity contribution in [1.29, 1.82) is 0 Å². The molecule has 3 aromatic carbocycles. The minimum absolute atomic E-state index is 0.0322. The van der Waals surface area contributed by atoms with Gasteiger partial charge in [0.2, 0.25) is 0 Å². The van der Waals surface area contributed by atoms with Crippen LogP contribution in [0.2, 0.25) is 0 Å². The van der Waals surface area contributed by atoms with Crippen molar-refractivity contribution in [2.75, 3.05) is 43.9 Å². The summed E-state index contributed by atoms with van der Waals surface area (Å²) in [6, 6.07) is 15.1. The zero-order chi connectivity index (χ0) is 28.4. The summed E-state index contributed by atoms with van der Waals surface area (Å²) in [6.45, 7) is 6.95. The summed E-state index contributed by atoms with van der Waals surface area (Å²) in [5.41, 5.74) is -1.03. The van der Waals surface area contributed by atoms with Gasteiger partial charge in [0.1, 0.15) is 17.2 Å². The monoisotopic (exact) mass is 544 g/mol. The Morgan fingerprint density at radius 1 is 0.897 bits per heavy atom. The van der Waals surface area contributed by atoms with Crippen LogP contribution < -0.4 is 25.4 Å². The summed E-state index contributed by atoms with van der Waals surface area (Å²) < 4.78 is 52.0. The van der Waals surface area contributed by atoms with Gasteiger partial charge >= 0.3 is 12.2 Å². The van der Waals surface area contributed by atoms with Crippen molar-refractivity contribution < 1.29 is 32.2 Å². The first-order valence-electron chi connectivity index (χ1n) is 12.3. The zero-order valence-corrected chi connectivity index (χ0v) is 21.9. The van der Waals surface area contributed by atoms with Gasteiger partial charge in [0.05, 0.1) is 23.9 Å². The minimum Gasteiger partial charge on any atom is -0.496 e. The number of nitrogens with zero attached hydrogens (tertiary/aromatic N) is 1. The predicted molar refractivity (Wildman–Crippen MR) is 144 cm³/mol. The topological polar surface area (TPSA) is 91.9 Å². The second kappa shape index (κ2) is 13.5. The predicted octanol–water partition coefficient (Wildman–Crippen LogP) is 6.22. The number of hydrogen-bond donors (Lipinski definition) is 3. The summed E-state index contributed by atoms with van der Waals surface area (Å²) in [5.74, 6) is 0.198. The number of urea groups is 1. The van der Waals surface area contributed by atoms with Crippen molar-refractivity contribution in [3.63, 3.8) is 0 Å². The lowest BCUT2D eigenvalue weighted by atomic mass is 10.1. The number of rotatable bonds is 11. The Morgan fingerprint density at radius 2 is 1.62 bits per heavy atom. The Morgan fingerprint density at radius 3 is 2.26 bits per heavy atom. The number of amides is 3. The maximum atomic E-state index is 13.8. The molecule has 0 fully saturated rings. The molecule has 208 valence electrons. The number of benzene rings is 3. The van der Waals surface area contributed by atoms with E-state index in [0.717, 1.165) is 25.2 Å². The van der Waals surface area contributed by atoms with Crippen LogP contribution in [0.4, 0.5) is 29.3 Å². The van der Waals surface area contributed by atoms with E-state index >= 15 is 0 Å². The van der Waals surface area contributed by atoms with E-state index in [4.69, 9.17) is 9.47 Å². The van der Waals surface area contributed by atoms with Gasteiger partial charge in [-0.05, 0) is 55.6 Å². The van der Waals surface area contributed by atoms with Crippen LogP contribution in [0.15, 0.2) is 66.7 Å². The number of anilines is 2. The number of alkyl halides is 3. The van der Waals surface area contributed by atoms with Gasteiger partial charge in [0.15, 0.2) is 0 Å². The van der Waals surface area contributed by atoms with Crippen LogP contribution in [-0.2, 0) is 6.18 Å². The van der Waals surface area contributed by atoms with Gasteiger partial charge in [-0.3, -0.25) is 4.79 Å². The molecular weight excluding hydrogens is 513 g/mol. The quantitative estimate of drug-likeness (QED) is 0.267. The van der Waals surface area contributed by atoms with Crippen molar-refractivity contribution in [1.82, 2.24) is 10.2 Å². The number of hydrogen-bond acceptors (Lipinski definition) is 5. The van der Waals surface area contributed by atoms with Crippen LogP contribution in [-0.4, -0.2) is 50.1 Å². The van der Waals surface area contributed by atoms with E-state index < -0.39 is 23.5 Å². The molecule has 0 spiro atoms. The average Bonchev–Trinajstić information content (AvgIpc) is 2.91. The van der Waals surface area contributed by atoms with Crippen LogP contribution >= 0.6 is 0 Å². The summed E-state index contributed by atoms with van der Waals surface area (Å²) in [5, 5.41) is 7.53. The molecule has 0 heterocycles. The molecule has 0 bridgehead atoms. The molecule has 0 aromatic heterocycles. The third-order valence-electron chi connectivity index (χ3n) is 5.84. The van der Waals surface area contributed by atoms with Gasteiger partial charge in [0, 0.05) is 24.8 Å². The van der Waals surface area contributed by atoms with E-state index in [0.29, 0.717) is 18.8 Å². The maximum absolute atomic E-state index is 13.8. The fourth-order valence-electron chi connectivity index (χ4n) is 3.76. The molecular formula is C28H31F3N4O4. The molecule has 11 heteroatoms. The summed E-state index contributed by atoms with van der Waals surface area (Å²) in [6.07, 6.45) is -4.75. The number of nitrogens with one attached hydrogen (secondary N) is 3. The third-order valence-corrected chi connectivity index (χ3v) is 5.84. The molecule has 0 atom stereocenters. The summed E-state index contributed by atoms with van der Waals surface area (Å²) in [4.78, 5) is 27.3. The number of methoxy groups -OCH3 is 1. The Hall–Kier alpha value is -4.25. The second-order valence-electron chi connectivity index (χ2n) is 8.40. The van der Waals surface area contributed by atoms with Crippen LogP contribution in [0.1, 0.15) is 29.8 Å². The van der Waals surface area contributed by atoms with E-state index in [1.165, 1.54) is 31.4 Å². The third kappa shape index (κ3) is 8.37.